The molecule has 3 nitrogen and oxygen atoms in total. The van der Waals surface area contributed by atoms with Gasteiger partial charge < -0.3 is 9.05 Å². The summed E-state index contributed by atoms with van der Waals surface area (Å²) in [7, 11) is -2.52. The van der Waals surface area contributed by atoms with E-state index in [2.05, 4.69) is 0 Å². The first kappa shape index (κ1) is 16.1. The Labute approximate surface area is 131 Å². The maximum atomic E-state index is 11.5. The van der Waals surface area contributed by atoms with E-state index >= 15 is 0 Å². The fourth-order valence-corrected chi connectivity index (χ4v) is 2.30. The zero-order valence-corrected chi connectivity index (χ0v) is 13.2. The number of hydrogen-bond donors (Lipinski definition) is 0. The molecule has 22 heavy (non-hydrogen) atoms. The van der Waals surface area contributed by atoms with Gasteiger partial charge in [-0.2, -0.15) is 0 Å². The van der Waals surface area contributed by atoms with E-state index in [4.69, 9.17) is 9.05 Å². The summed E-state index contributed by atoms with van der Waals surface area (Å²) in [6, 6.07) is 20.0. The molecular weight excluding hydrogens is 295 g/mol. The Balaban J connectivity index is 1.63. The standard InChI is InChI=1S/C18H19O3P/c19-22(20-15-7-13-17-9-3-1-4-10-17)21-16-8-14-18-11-5-2-6-12-18/h1-12,15-16,22H,13-14H2. The van der Waals surface area contributed by atoms with E-state index in [1.807, 2.05) is 72.8 Å². The Morgan fingerprint density at radius 3 is 1.55 bits per heavy atom. The van der Waals surface area contributed by atoms with Gasteiger partial charge in [0, 0.05) is 0 Å². The van der Waals surface area contributed by atoms with E-state index in [1.165, 1.54) is 23.7 Å². The predicted molar refractivity (Wildman–Crippen MR) is 89.7 cm³/mol. The molecule has 0 saturated heterocycles. The van der Waals surface area contributed by atoms with E-state index in [1.54, 1.807) is 0 Å². The molecule has 0 aliphatic heterocycles. The SMILES string of the molecule is O=[PH](OC=CCc1ccccc1)OC=CCc1ccccc1. The van der Waals surface area contributed by atoms with Crippen molar-refractivity contribution in [1.29, 1.82) is 0 Å². The van der Waals surface area contributed by atoms with Gasteiger partial charge in [-0.3, -0.25) is 0 Å². The van der Waals surface area contributed by atoms with Crippen LogP contribution in [0.3, 0.4) is 0 Å². The highest BCUT2D eigenvalue weighted by Crippen LogP contribution is 2.24. The molecule has 114 valence electrons. The molecule has 0 aliphatic rings. The second-order valence-corrected chi connectivity index (χ2v) is 5.58. The van der Waals surface area contributed by atoms with Gasteiger partial charge in [-0.05, 0) is 36.1 Å². The van der Waals surface area contributed by atoms with Gasteiger partial charge in [0.05, 0.1) is 12.5 Å². The molecule has 0 saturated carbocycles. The molecule has 4 heteroatoms. The molecule has 0 aliphatic carbocycles. The number of benzene rings is 2. The second kappa shape index (κ2) is 9.64. The van der Waals surface area contributed by atoms with Gasteiger partial charge in [0.25, 0.3) is 0 Å². The first-order valence-electron chi connectivity index (χ1n) is 7.10. The van der Waals surface area contributed by atoms with Gasteiger partial charge >= 0.3 is 8.25 Å². The number of allylic oxidation sites excluding steroid dienone is 2. The lowest BCUT2D eigenvalue weighted by molar-refractivity contribution is 0.355. The summed E-state index contributed by atoms with van der Waals surface area (Å²) in [6.45, 7) is 0. The minimum Gasteiger partial charge on any atom is -0.426 e. The quantitative estimate of drug-likeness (QED) is 0.512. The Morgan fingerprint density at radius 1 is 0.727 bits per heavy atom. The summed E-state index contributed by atoms with van der Waals surface area (Å²) in [5.41, 5.74) is 2.34. The molecule has 2 rings (SSSR count). The van der Waals surface area contributed by atoms with Crippen LogP contribution >= 0.6 is 8.25 Å². The van der Waals surface area contributed by atoms with Crippen LogP contribution in [0.5, 0.6) is 0 Å². The summed E-state index contributed by atoms with van der Waals surface area (Å²) < 4.78 is 21.5. The fraction of sp³-hybridized carbons (Fsp3) is 0.111. The van der Waals surface area contributed by atoms with Gasteiger partial charge in [0.2, 0.25) is 0 Å². The minimum atomic E-state index is -2.52. The maximum absolute atomic E-state index is 11.5. The molecule has 2 aromatic rings. The summed E-state index contributed by atoms with van der Waals surface area (Å²) in [6.07, 6.45) is 7.96. The molecule has 0 bridgehead atoms. The molecule has 0 amide bonds. The molecule has 2 aromatic carbocycles. The molecule has 0 heterocycles. The number of hydrogen-bond acceptors (Lipinski definition) is 3. The third kappa shape index (κ3) is 6.47. The third-order valence-corrected chi connectivity index (χ3v) is 3.57. The van der Waals surface area contributed by atoms with Crippen molar-refractivity contribution < 1.29 is 13.6 Å². The van der Waals surface area contributed by atoms with Gasteiger partial charge in [-0.15, -0.1) is 0 Å². The number of rotatable bonds is 8. The lowest BCUT2D eigenvalue weighted by Crippen LogP contribution is -1.80. The first-order chi connectivity index (χ1) is 10.8. The van der Waals surface area contributed by atoms with Crippen molar-refractivity contribution in [3.05, 3.63) is 96.5 Å². The van der Waals surface area contributed by atoms with Crippen LogP contribution in [0.2, 0.25) is 0 Å². The molecule has 0 fully saturated rings. The highest BCUT2D eigenvalue weighted by atomic mass is 31.1. The van der Waals surface area contributed by atoms with Crippen molar-refractivity contribution in [3.63, 3.8) is 0 Å². The summed E-state index contributed by atoms with van der Waals surface area (Å²) in [5.74, 6) is 0. The normalized spacial score (nSPS) is 12.5. The van der Waals surface area contributed by atoms with E-state index < -0.39 is 8.25 Å². The molecule has 0 N–H and O–H groups in total. The van der Waals surface area contributed by atoms with Crippen LogP contribution in [0.25, 0.3) is 0 Å². The van der Waals surface area contributed by atoms with Gasteiger partial charge in [0.15, 0.2) is 0 Å². The molecule has 0 radical (unpaired) electrons. The zero-order valence-electron chi connectivity index (χ0n) is 12.2. The van der Waals surface area contributed by atoms with Crippen molar-refractivity contribution in [2.75, 3.05) is 0 Å². The molecule has 0 atom stereocenters. The van der Waals surface area contributed by atoms with Crippen LogP contribution < -0.4 is 0 Å². The van der Waals surface area contributed by atoms with E-state index in [9.17, 15) is 4.57 Å². The molecular formula is C18H19O3P. The van der Waals surface area contributed by atoms with Crippen molar-refractivity contribution in [2.45, 2.75) is 12.8 Å². The highest BCUT2D eigenvalue weighted by Gasteiger charge is 1.93. The third-order valence-electron chi connectivity index (χ3n) is 2.91. The van der Waals surface area contributed by atoms with Crippen molar-refractivity contribution in [1.82, 2.24) is 0 Å². The van der Waals surface area contributed by atoms with E-state index in [0.29, 0.717) is 0 Å². The van der Waals surface area contributed by atoms with Crippen molar-refractivity contribution in [2.24, 2.45) is 0 Å². The Hall–Kier alpha value is -2.25. The smallest absolute Gasteiger partial charge is 0.417 e. The monoisotopic (exact) mass is 314 g/mol. The minimum absolute atomic E-state index is 0.736. The van der Waals surface area contributed by atoms with Crippen molar-refractivity contribution in [3.8, 4) is 0 Å². The van der Waals surface area contributed by atoms with Crippen LogP contribution in [0, 0.1) is 0 Å². The first-order valence-corrected chi connectivity index (χ1v) is 8.32. The fourth-order valence-electron chi connectivity index (χ4n) is 1.83. The highest BCUT2D eigenvalue weighted by molar-refractivity contribution is 7.33. The lowest BCUT2D eigenvalue weighted by Gasteiger charge is -2.00. The van der Waals surface area contributed by atoms with Gasteiger partial charge in [-0.25, -0.2) is 4.57 Å². The average Bonchev–Trinajstić information content (AvgIpc) is 2.57. The average molecular weight is 314 g/mol. The van der Waals surface area contributed by atoms with Crippen LogP contribution in [-0.4, -0.2) is 0 Å². The van der Waals surface area contributed by atoms with E-state index in [0.717, 1.165) is 12.8 Å². The topological polar surface area (TPSA) is 35.5 Å². The Kier molecular flexibility index (Phi) is 7.07. The summed E-state index contributed by atoms with van der Waals surface area (Å²) >= 11 is 0. The predicted octanol–water partition coefficient (Wildman–Crippen LogP) is 4.92. The van der Waals surface area contributed by atoms with Crippen LogP contribution in [-0.2, 0) is 26.5 Å². The Bertz CT molecular complexity index is 566. The molecule has 0 aromatic heterocycles. The second-order valence-electron chi connectivity index (χ2n) is 4.61. The van der Waals surface area contributed by atoms with Gasteiger partial charge in [-0.1, -0.05) is 60.7 Å². The van der Waals surface area contributed by atoms with Crippen LogP contribution in [0.1, 0.15) is 11.1 Å². The zero-order chi connectivity index (χ0) is 15.5. The summed E-state index contributed by atoms with van der Waals surface area (Å²) in [4.78, 5) is 0. The van der Waals surface area contributed by atoms with Gasteiger partial charge in [0.1, 0.15) is 0 Å². The maximum Gasteiger partial charge on any atom is 0.417 e. The van der Waals surface area contributed by atoms with Crippen molar-refractivity contribution >= 4 is 8.25 Å². The summed E-state index contributed by atoms with van der Waals surface area (Å²) in [5, 5.41) is 0. The molecule has 0 unspecified atom stereocenters. The van der Waals surface area contributed by atoms with Crippen LogP contribution in [0.15, 0.2) is 85.3 Å². The Morgan fingerprint density at radius 2 is 1.14 bits per heavy atom. The largest absolute Gasteiger partial charge is 0.426 e. The molecule has 0 spiro atoms. The lowest BCUT2D eigenvalue weighted by atomic mass is 10.2. The van der Waals surface area contributed by atoms with Crippen LogP contribution in [0.4, 0.5) is 0 Å². The van der Waals surface area contributed by atoms with E-state index in [-0.39, 0.29) is 0 Å².